The topological polar surface area (TPSA) is 24.9 Å². The quantitative estimate of drug-likeness (QED) is 0.629. The molecule has 29 heavy (non-hydrogen) atoms. The van der Waals surface area contributed by atoms with Gasteiger partial charge in [-0.3, -0.25) is 0 Å². The van der Waals surface area contributed by atoms with E-state index in [-0.39, 0.29) is 5.82 Å². The van der Waals surface area contributed by atoms with E-state index in [2.05, 4.69) is 29.0 Å². The molecule has 2 aromatic rings. The van der Waals surface area contributed by atoms with Gasteiger partial charge >= 0.3 is 0 Å². The van der Waals surface area contributed by atoms with Gasteiger partial charge in [-0.15, -0.1) is 0 Å². The van der Waals surface area contributed by atoms with E-state index in [0.29, 0.717) is 11.7 Å². The average molecular weight is 401 g/mol. The van der Waals surface area contributed by atoms with Crippen molar-refractivity contribution in [2.45, 2.75) is 25.8 Å². The average Bonchev–Trinajstić information content (AvgIpc) is 2.74. The van der Waals surface area contributed by atoms with Gasteiger partial charge in [0.1, 0.15) is 5.75 Å². The SMILES string of the molecule is COc1ccc(CCN2CCC[C@H](CN(C)Cc3ccc(F)c(OC)c3)C2)cc1. The lowest BCUT2D eigenvalue weighted by atomic mass is 9.97. The molecule has 158 valence electrons. The van der Waals surface area contributed by atoms with Crippen LogP contribution in [0.4, 0.5) is 4.39 Å². The summed E-state index contributed by atoms with van der Waals surface area (Å²) in [7, 11) is 5.35. The van der Waals surface area contributed by atoms with Crippen LogP contribution >= 0.6 is 0 Å². The molecule has 0 unspecified atom stereocenters. The van der Waals surface area contributed by atoms with Gasteiger partial charge in [-0.05, 0) is 74.2 Å². The van der Waals surface area contributed by atoms with Crippen molar-refractivity contribution >= 4 is 0 Å². The molecule has 1 aliphatic heterocycles. The summed E-state index contributed by atoms with van der Waals surface area (Å²) in [6, 6.07) is 13.5. The first-order chi connectivity index (χ1) is 14.1. The molecule has 0 aliphatic carbocycles. The second-order valence-electron chi connectivity index (χ2n) is 8.07. The van der Waals surface area contributed by atoms with Gasteiger partial charge in [-0.25, -0.2) is 4.39 Å². The van der Waals surface area contributed by atoms with Crippen molar-refractivity contribution in [2.75, 3.05) is 47.4 Å². The van der Waals surface area contributed by atoms with E-state index in [4.69, 9.17) is 9.47 Å². The molecule has 0 spiro atoms. The van der Waals surface area contributed by atoms with Gasteiger partial charge in [0.2, 0.25) is 0 Å². The normalized spacial score (nSPS) is 17.5. The molecule has 1 heterocycles. The summed E-state index contributed by atoms with van der Waals surface area (Å²) in [5, 5.41) is 0. The second kappa shape index (κ2) is 10.6. The van der Waals surface area contributed by atoms with E-state index in [9.17, 15) is 4.39 Å². The molecule has 5 heteroatoms. The summed E-state index contributed by atoms with van der Waals surface area (Å²) in [6.45, 7) is 5.29. The lowest BCUT2D eigenvalue weighted by Gasteiger charge is -2.34. The zero-order chi connectivity index (χ0) is 20.6. The Kier molecular flexibility index (Phi) is 7.90. The van der Waals surface area contributed by atoms with Crippen LogP contribution in [-0.4, -0.2) is 57.2 Å². The Labute approximate surface area is 174 Å². The van der Waals surface area contributed by atoms with Crippen molar-refractivity contribution in [2.24, 2.45) is 5.92 Å². The van der Waals surface area contributed by atoms with Crippen LogP contribution < -0.4 is 9.47 Å². The van der Waals surface area contributed by atoms with Crippen molar-refractivity contribution in [1.82, 2.24) is 9.80 Å². The Balaban J connectivity index is 1.46. The summed E-state index contributed by atoms with van der Waals surface area (Å²) in [5.41, 5.74) is 2.44. The maximum Gasteiger partial charge on any atom is 0.165 e. The molecule has 1 saturated heterocycles. The molecular weight excluding hydrogens is 367 g/mol. The van der Waals surface area contributed by atoms with Crippen LogP contribution in [-0.2, 0) is 13.0 Å². The van der Waals surface area contributed by atoms with Crippen LogP contribution in [0.15, 0.2) is 42.5 Å². The molecule has 2 aromatic carbocycles. The van der Waals surface area contributed by atoms with Crippen LogP contribution in [0.25, 0.3) is 0 Å². The third-order valence-electron chi connectivity index (χ3n) is 5.72. The molecular formula is C24H33FN2O2. The third-order valence-corrected chi connectivity index (χ3v) is 5.72. The smallest absolute Gasteiger partial charge is 0.165 e. The second-order valence-corrected chi connectivity index (χ2v) is 8.07. The van der Waals surface area contributed by atoms with E-state index >= 15 is 0 Å². The summed E-state index contributed by atoms with van der Waals surface area (Å²) in [5.74, 6) is 1.59. The molecule has 0 radical (unpaired) electrons. The number of likely N-dealkylation sites (tertiary alicyclic amines) is 1. The van der Waals surface area contributed by atoms with Gasteiger partial charge in [0.05, 0.1) is 14.2 Å². The first-order valence-corrected chi connectivity index (χ1v) is 10.4. The van der Waals surface area contributed by atoms with E-state index in [1.54, 1.807) is 13.2 Å². The van der Waals surface area contributed by atoms with Gasteiger partial charge < -0.3 is 19.3 Å². The van der Waals surface area contributed by atoms with Crippen LogP contribution in [0.1, 0.15) is 24.0 Å². The molecule has 0 saturated carbocycles. The highest BCUT2D eigenvalue weighted by Gasteiger charge is 2.21. The highest BCUT2D eigenvalue weighted by atomic mass is 19.1. The molecule has 0 aromatic heterocycles. The van der Waals surface area contributed by atoms with E-state index in [1.807, 2.05) is 18.2 Å². The van der Waals surface area contributed by atoms with E-state index in [1.165, 1.54) is 38.1 Å². The maximum absolute atomic E-state index is 13.6. The predicted octanol–water partition coefficient (Wildman–Crippen LogP) is 4.23. The van der Waals surface area contributed by atoms with Crippen LogP contribution in [0.5, 0.6) is 11.5 Å². The Bertz CT molecular complexity index is 766. The van der Waals surface area contributed by atoms with Gasteiger partial charge in [0, 0.05) is 26.2 Å². The zero-order valence-electron chi connectivity index (χ0n) is 17.9. The fourth-order valence-corrected chi connectivity index (χ4v) is 4.20. The number of nitrogens with zero attached hydrogens (tertiary/aromatic N) is 2. The Morgan fingerprint density at radius 2 is 1.83 bits per heavy atom. The molecule has 1 fully saturated rings. The standard InChI is InChI=1S/C24H33FN2O2/c1-26(16-20-8-11-23(25)24(15-20)29-3)17-21-5-4-13-27(18-21)14-12-19-6-9-22(28-2)10-7-19/h6-11,15,21H,4-5,12-14,16-18H2,1-3H3/t21-/m1/s1. The minimum Gasteiger partial charge on any atom is -0.497 e. The first-order valence-electron chi connectivity index (χ1n) is 10.4. The molecule has 0 N–H and O–H groups in total. The molecule has 4 nitrogen and oxygen atoms in total. The predicted molar refractivity (Wildman–Crippen MR) is 115 cm³/mol. The highest BCUT2D eigenvalue weighted by Crippen LogP contribution is 2.21. The number of ether oxygens (including phenoxy) is 2. The van der Waals surface area contributed by atoms with E-state index < -0.39 is 0 Å². The first kappa shape index (κ1) is 21.6. The number of piperidine rings is 1. The van der Waals surface area contributed by atoms with Gasteiger partial charge in [0.15, 0.2) is 11.6 Å². The fourth-order valence-electron chi connectivity index (χ4n) is 4.20. The van der Waals surface area contributed by atoms with E-state index in [0.717, 1.165) is 43.9 Å². The lowest BCUT2D eigenvalue weighted by molar-refractivity contribution is 0.142. The number of methoxy groups -OCH3 is 2. The number of benzene rings is 2. The van der Waals surface area contributed by atoms with Gasteiger partial charge in [0.25, 0.3) is 0 Å². The Morgan fingerprint density at radius 1 is 1.07 bits per heavy atom. The minimum absolute atomic E-state index is 0.307. The molecule has 3 rings (SSSR count). The van der Waals surface area contributed by atoms with Crippen molar-refractivity contribution in [3.05, 3.63) is 59.4 Å². The van der Waals surface area contributed by atoms with Crippen molar-refractivity contribution < 1.29 is 13.9 Å². The van der Waals surface area contributed by atoms with Crippen molar-refractivity contribution in [3.8, 4) is 11.5 Å². The van der Waals surface area contributed by atoms with Gasteiger partial charge in [-0.1, -0.05) is 18.2 Å². The fraction of sp³-hybridized carbons (Fsp3) is 0.500. The van der Waals surface area contributed by atoms with Crippen molar-refractivity contribution in [1.29, 1.82) is 0 Å². The third kappa shape index (κ3) is 6.44. The van der Waals surface area contributed by atoms with Crippen LogP contribution in [0.2, 0.25) is 0 Å². The molecule has 0 amide bonds. The van der Waals surface area contributed by atoms with Crippen molar-refractivity contribution in [3.63, 3.8) is 0 Å². The summed E-state index contributed by atoms with van der Waals surface area (Å²) in [4.78, 5) is 4.93. The van der Waals surface area contributed by atoms with Crippen LogP contribution in [0, 0.1) is 11.7 Å². The molecule has 0 bridgehead atoms. The lowest BCUT2D eigenvalue weighted by Crippen LogP contribution is -2.40. The van der Waals surface area contributed by atoms with Gasteiger partial charge in [-0.2, -0.15) is 0 Å². The summed E-state index contributed by atoms with van der Waals surface area (Å²) in [6.07, 6.45) is 3.60. The number of halogens is 1. The minimum atomic E-state index is -0.307. The van der Waals surface area contributed by atoms with Crippen LogP contribution in [0.3, 0.4) is 0 Å². The summed E-state index contributed by atoms with van der Waals surface area (Å²) < 4.78 is 23.9. The zero-order valence-corrected chi connectivity index (χ0v) is 17.9. The largest absolute Gasteiger partial charge is 0.497 e. The number of hydrogen-bond donors (Lipinski definition) is 0. The molecule has 1 aliphatic rings. The number of hydrogen-bond acceptors (Lipinski definition) is 4. The Hall–Kier alpha value is -2.11. The monoisotopic (exact) mass is 400 g/mol. The number of rotatable bonds is 9. The Morgan fingerprint density at radius 3 is 2.55 bits per heavy atom. The highest BCUT2D eigenvalue weighted by molar-refractivity contribution is 5.30. The maximum atomic E-state index is 13.6. The molecule has 1 atom stereocenters. The summed E-state index contributed by atoms with van der Waals surface area (Å²) >= 11 is 0.